The van der Waals surface area contributed by atoms with Crippen molar-refractivity contribution in [3.05, 3.63) is 40.2 Å². The summed E-state index contributed by atoms with van der Waals surface area (Å²) in [6.07, 6.45) is 3.51. The van der Waals surface area contributed by atoms with Crippen molar-refractivity contribution in [1.82, 2.24) is 9.88 Å². The van der Waals surface area contributed by atoms with Crippen LogP contribution in [0.3, 0.4) is 0 Å². The molecule has 1 aliphatic heterocycles. The SMILES string of the molecule is COc1ccc2c(=O)c(C(=O)N3CCC(C)CC3)c[nH]c2c1. The predicted molar refractivity (Wildman–Crippen MR) is 85.4 cm³/mol. The number of likely N-dealkylation sites (tertiary alicyclic amines) is 1. The molecule has 0 saturated carbocycles. The van der Waals surface area contributed by atoms with E-state index in [2.05, 4.69) is 11.9 Å². The number of carbonyl (C=O) groups excluding carboxylic acids is 1. The maximum Gasteiger partial charge on any atom is 0.259 e. The highest BCUT2D eigenvalue weighted by atomic mass is 16.5. The number of amides is 1. The standard InChI is InChI=1S/C17H20N2O3/c1-11-5-7-19(8-6-11)17(21)14-10-18-15-9-12(22-2)3-4-13(15)16(14)20/h3-4,9-11H,5-8H2,1-2H3,(H,18,20). The largest absolute Gasteiger partial charge is 0.497 e. The number of aromatic amines is 1. The van der Waals surface area contributed by atoms with Crippen molar-refractivity contribution in [3.8, 4) is 5.75 Å². The summed E-state index contributed by atoms with van der Waals surface area (Å²) in [5.41, 5.74) is 0.667. The van der Waals surface area contributed by atoms with E-state index < -0.39 is 0 Å². The van der Waals surface area contributed by atoms with Crippen LogP contribution in [0.2, 0.25) is 0 Å². The molecule has 116 valence electrons. The summed E-state index contributed by atoms with van der Waals surface area (Å²) in [7, 11) is 1.58. The van der Waals surface area contributed by atoms with Crippen LogP contribution in [0.25, 0.3) is 10.9 Å². The second kappa shape index (κ2) is 5.83. The van der Waals surface area contributed by atoms with Gasteiger partial charge in [-0.2, -0.15) is 0 Å². The fourth-order valence-corrected chi connectivity index (χ4v) is 2.87. The zero-order valence-electron chi connectivity index (χ0n) is 12.9. The van der Waals surface area contributed by atoms with Gasteiger partial charge in [-0.25, -0.2) is 0 Å². The highest BCUT2D eigenvalue weighted by Crippen LogP contribution is 2.19. The maximum atomic E-state index is 12.6. The van der Waals surface area contributed by atoms with Gasteiger partial charge in [0.1, 0.15) is 11.3 Å². The molecule has 1 fully saturated rings. The van der Waals surface area contributed by atoms with Crippen LogP contribution in [-0.4, -0.2) is 36.0 Å². The quantitative estimate of drug-likeness (QED) is 0.926. The third-order valence-electron chi connectivity index (χ3n) is 4.39. The number of hydrogen-bond donors (Lipinski definition) is 1. The Kier molecular flexibility index (Phi) is 3.88. The summed E-state index contributed by atoms with van der Waals surface area (Å²) in [6.45, 7) is 3.64. The molecule has 5 heteroatoms. The van der Waals surface area contributed by atoms with E-state index in [0.717, 1.165) is 25.9 Å². The average Bonchev–Trinajstić information content (AvgIpc) is 2.55. The van der Waals surface area contributed by atoms with Crippen molar-refractivity contribution in [2.45, 2.75) is 19.8 Å². The second-order valence-corrected chi connectivity index (χ2v) is 5.92. The van der Waals surface area contributed by atoms with Gasteiger partial charge in [0.15, 0.2) is 0 Å². The number of nitrogens with zero attached hydrogens (tertiary/aromatic N) is 1. The van der Waals surface area contributed by atoms with E-state index in [9.17, 15) is 9.59 Å². The van der Waals surface area contributed by atoms with Gasteiger partial charge in [0.05, 0.1) is 12.6 Å². The smallest absolute Gasteiger partial charge is 0.259 e. The van der Waals surface area contributed by atoms with Gasteiger partial charge >= 0.3 is 0 Å². The van der Waals surface area contributed by atoms with E-state index in [-0.39, 0.29) is 16.9 Å². The van der Waals surface area contributed by atoms with E-state index in [0.29, 0.717) is 22.6 Å². The molecule has 1 amide bonds. The first-order valence-corrected chi connectivity index (χ1v) is 7.59. The number of piperidine rings is 1. The van der Waals surface area contributed by atoms with Crippen molar-refractivity contribution in [3.63, 3.8) is 0 Å². The third kappa shape index (κ3) is 2.58. The van der Waals surface area contributed by atoms with Crippen LogP contribution in [0, 0.1) is 5.92 Å². The molecule has 0 spiro atoms. The normalized spacial score (nSPS) is 16.0. The van der Waals surface area contributed by atoms with Crippen LogP contribution in [0.5, 0.6) is 5.75 Å². The summed E-state index contributed by atoms with van der Waals surface area (Å²) >= 11 is 0. The molecule has 5 nitrogen and oxygen atoms in total. The number of carbonyl (C=O) groups is 1. The van der Waals surface area contributed by atoms with Crippen molar-refractivity contribution in [2.75, 3.05) is 20.2 Å². The van der Waals surface area contributed by atoms with Crippen molar-refractivity contribution >= 4 is 16.8 Å². The summed E-state index contributed by atoms with van der Waals surface area (Å²) < 4.78 is 5.15. The molecule has 22 heavy (non-hydrogen) atoms. The minimum absolute atomic E-state index is 0.175. The first-order valence-electron chi connectivity index (χ1n) is 7.59. The van der Waals surface area contributed by atoms with E-state index in [4.69, 9.17) is 4.74 Å². The lowest BCUT2D eigenvalue weighted by atomic mass is 9.98. The van der Waals surface area contributed by atoms with E-state index in [1.807, 2.05) is 0 Å². The van der Waals surface area contributed by atoms with Gasteiger partial charge in [-0.3, -0.25) is 9.59 Å². The van der Waals surface area contributed by atoms with Gasteiger partial charge in [0.2, 0.25) is 5.43 Å². The Hall–Kier alpha value is -2.30. The zero-order chi connectivity index (χ0) is 15.7. The fourth-order valence-electron chi connectivity index (χ4n) is 2.87. The first-order chi connectivity index (χ1) is 10.6. The van der Waals surface area contributed by atoms with Gasteiger partial charge in [-0.1, -0.05) is 6.92 Å². The Balaban J connectivity index is 1.96. The van der Waals surface area contributed by atoms with Gasteiger partial charge in [0.25, 0.3) is 5.91 Å². The number of benzene rings is 1. The lowest BCUT2D eigenvalue weighted by molar-refractivity contribution is 0.0696. The Labute approximate surface area is 128 Å². The summed E-state index contributed by atoms with van der Waals surface area (Å²) in [6, 6.07) is 5.18. The molecule has 1 N–H and O–H groups in total. The van der Waals surface area contributed by atoms with Gasteiger partial charge in [0, 0.05) is 30.7 Å². The predicted octanol–water partition coefficient (Wildman–Crippen LogP) is 2.41. The molecule has 0 aliphatic carbocycles. The summed E-state index contributed by atoms with van der Waals surface area (Å²) in [5, 5.41) is 0.511. The number of pyridine rings is 1. The number of fused-ring (bicyclic) bond motifs is 1. The number of aromatic nitrogens is 1. The lowest BCUT2D eigenvalue weighted by Gasteiger charge is -2.30. The van der Waals surface area contributed by atoms with Gasteiger partial charge in [-0.15, -0.1) is 0 Å². The van der Waals surface area contributed by atoms with Crippen LogP contribution in [0.15, 0.2) is 29.2 Å². The summed E-state index contributed by atoms with van der Waals surface area (Å²) in [4.78, 5) is 30.0. The number of H-pyrrole nitrogens is 1. The third-order valence-corrected chi connectivity index (χ3v) is 4.39. The highest BCUT2D eigenvalue weighted by Gasteiger charge is 2.23. The molecular formula is C17H20N2O3. The maximum absolute atomic E-state index is 12.6. The lowest BCUT2D eigenvalue weighted by Crippen LogP contribution is -2.39. The van der Waals surface area contributed by atoms with Crippen molar-refractivity contribution in [1.29, 1.82) is 0 Å². The molecule has 0 atom stereocenters. The Morgan fingerprint density at radius 3 is 2.73 bits per heavy atom. The molecule has 2 aromatic rings. The summed E-state index contributed by atoms with van der Waals surface area (Å²) in [5.74, 6) is 1.14. The van der Waals surface area contributed by atoms with Crippen LogP contribution in [0.1, 0.15) is 30.1 Å². The Morgan fingerprint density at radius 2 is 2.05 bits per heavy atom. The fraction of sp³-hybridized carbons (Fsp3) is 0.412. The molecule has 1 aromatic heterocycles. The molecule has 1 saturated heterocycles. The number of methoxy groups -OCH3 is 1. The minimum Gasteiger partial charge on any atom is -0.497 e. The molecule has 1 aromatic carbocycles. The molecular weight excluding hydrogens is 280 g/mol. The van der Waals surface area contributed by atoms with E-state index in [1.165, 1.54) is 6.20 Å². The molecule has 0 bridgehead atoms. The number of hydrogen-bond acceptors (Lipinski definition) is 3. The minimum atomic E-state index is -0.222. The monoisotopic (exact) mass is 300 g/mol. The average molecular weight is 300 g/mol. The Bertz CT molecular complexity index is 758. The molecule has 1 aliphatic rings. The molecule has 3 rings (SSSR count). The highest BCUT2D eigenvalue weighted by molar-refractivity contribution is 5.97. The van der Waals surface area contributed by atoms with Gasteiger partial charge in [-0.05, 0) is 30.9 Å². The van der Waals surface area contributed by atoms with Gasteiger partial charge < -0.3 is 14.6 Å². The second-order valence-electron chi connectivity index (χ2n) is 5.92. The molecule has 2 heterocycles. The van der Waals surface area contributed by atoms with E-state index in [1.54, 1.807) is 30.2 Å². The number of nitrogens with one attached hydrogen (secondary N) is 1. The van der Waals surface area contributed by atoms with Crippen molar-refractivity contribution in [2.24, 2.45) is 5.92 Å². The number of ether oxygens (including phenoxy) is 1. The van der Waals surface area contributed by atoms with Crippen molar-refractivity contribution < 1.29 is 9.53 Å². The van der Waals surface area contributed by atoms with Crippen LogP contribution in [-0.2, 0) is 0 Å². The molecule has 0 radical (unpaired) electrons. The van der Waals surface area contributed by atoms with Crippen LogP contribution in [0.4, 0.5) is 0 Å². The topological polar surface area (TPSA) is 62.4 Å². The zero-order valence-corrected chi connectivity index (χ0v) is 12.9. The van der Waals surface area contributed by atoms with E-state index >= 15 is 0 Å². The molecule has 0 unspecified atom stereocenters. The van der Waals surface area contributed by atoms with Crippen LogP contribution >= 0.6 is 0 Å². The number of rotatable bonds is 2. The first kappa shape index (κ1) is 14.6. The van der Waals surface area contributed by atoms with Crippen LogP contribution < -0.4 is 10.2 Å². The Morgan fingerprint density at radius 1 is 1.32 bits per heavy atom.